The molecule has 1 saturated carbocycles. The van der Waals surface area contributed by atoms with Crippen LogP contribution in [-0.2, 0) is 11.3 Å². The number of carbonyl (C=O) groups is 2. The Kier molecular flexibility index (Phi) is 5.92. The Bertz CT molecular complexity index is 783. The van der Waals surface area contributed by atoms with Gasteiger partial charge >= 0.3 is 6.03 Å². The lowest BCUT2D eigenvalue weighted by Gasteiger charge is -2.11. The fourth-order valence-electron chi connectivity index (χ4n) is 2.52. The molecule has 0 unspecified atom stereocenters. The van der Waals surface area contributed by atoms with E-state index in [1.54, 1.807) is 18.3 Å². The van der Waals surface area contributed by atoms with E-state index in [0.29, 0.717) is 11.6 Å². The van der Waals surface area contributed by atoms with Gasteiger partial charge in [-0.25, -0.2) is 9.48 Å². The van der Waals surface area contributed by atoms with Gasteiger partial charge in [-0.2, -0.15) is 5.10 Å². The van der Waals surface area contributed by atoms with Gasteiger partial charge in [0, 0.05) is 35.2 Å². The molecule has 1 fully saturated rings. The maximum absolute atomic E-state index is 12.2. The van der Waals surface area contributed by atoms with Gasteiger partial charge in [-0.1, -0.05) is 15.9 Å². The Balaban J connectivity index is 1.42. The minimum Gasteiger partial charge on any atom is -0.337 e. The minimum absolute atomic E-state index is 0.144. The number of aryl methyl sites for hydroxylation is 1. The molecule has 3 amide bonds. The molecule has 1 aliphatic carbocycles. The molecule has 3 rings (SSSR count). The van der Waals surface area contributed by atoms with Crippen LogP contribution in [0.25, 0.3) is 0 Å². The van der Waals surface area contributed by atoms with Gasteiger partial charge in [0.2, 0.25) is 5.91 Å². The van der Waals surface area contributed by atoms with Gasteiger partial charge in [-0.3, -0.25) is 4.79 Å². The Morgan fingerprint density at radius 1 is 1.23 bits per heavy atom. The summed E-state index contributed by atoms with van der Waals surface area (Å²) in [6.07, 6.45) is 4.41. The largest absolute Gasteiger partial charge is 0.337 e. The van der Waals surface area contributed by atoms with Crippen molar-refractivity contribution in [1.82, 2.24) is 15.1 Å². The van der Waals surface area contributed by atoms with Gasteiger partial charge in [0.25, 0.3) is 0 Å². The molecule has 1 aromatic heterocycles. The monoisotopic (exact) mass is 419 g/mol. The summed E-state index contributed by atoms with van der Waals surface area (Å²) in [4.78, 5) is 24.0. The average molecular weight is 420 g/mol. The number of benzene rings is 1. The molecule has 0 aliphatic heterocycles. The molecule has 0 radical (unpaired) electrons. The van der Waals surface area contributed by atoms with E-state index in [2.05, 4.69) is 37.0 Å². The fraction of sp³-hybridized carbons (Fsp3) is 0.389. The molecule has 0 bridgehead atoms. The van der Waals surface area contributed by atoms with E-state index >= 15 is 0 Å². The molecule has 0 atom stereocenters. The predicted molar refractivity (Wildman–Crippen MR) is 104 cm³/mol. The molecular weight excluding hydrogens is 398 g/mol. The van der Waals surface area contributed by atoms with Gasteiger partial charge in [0.05, 0.1) is 6.20 Å². The van der Waals surface area contributed by atoms with Crippen LogP contribution in [0.3, 0.4) is 0 Å². The molecule has 0 spiro atoms. The number of hydrogen-bond donors (Lipinski definition) is 3. The lowest BCUT2D eigenvalue weighted by Crippen LogP contribution is -2.31. The van der Waals surface area contributed by atoms with E-state index in [0.717, 1.165) is 22.4 Å². The van der Waals surface area contributed by atoms with E-state index in [1.165, 1.54) is 12.8 Å². The van der Waals surface area contributed by atoms with E-state index in [1.807, 2.05) is 23.7 Å². The zero-order chi connectivity index (χ0) is 18.5. The molecule has 3 N–H and O–H groups in total. The van der Waals surface area contributed by atoms with Gasteiger partial charge in [-0.15, -0.1) is 0 Å². The predicted octanol–water partition coefficient (Wildman–Crippen LogP) is 3.51. The second kappa shape index (κ2) is 8.35. The van der Waals surface area contributed by atoms with Crippen LogP contribution < -0.4 is 16.0 Å². The minimum atomic E-state index is -0.338. The SMILES string of the molecule is Cc1cnn(CC2CC2)c1NC(=O)CCNC(=O)Nc1ccc(Br)cc1. The van der Waals surface area contributed by atoms with E-state index in [-0.39, 0.29) is 24.9 Å². The summed E-state index contributed by atoms with van der Waals surface area (Å²) in [7, 11) is 0. The number of amides is 3. The first kappa shape index (κ1) is 18.4. The summed E-state index contributed by atoms with van der Waals surface area (Å²) in [6, 6.07) is 6.93. The van der Waals surface area contributed by atoms with Crippen molar-refractivity contribution >= 4 is 39.4 Å². The van der Waals surface area contributed by atoms with Crippen LogP contribution in [-0.4, -0.2) is 28.3 Å². The maximum Gasteiger partial charge on any atom is 0.319 e. The van der Waals surface area contributed by atoms with E-state index < -0.39 is 0 Å². The molecule has 1 heterocycles. The number of urea groups is 1. The van der Waals surface area contributed by atoms with Crippen molar-refractivity contribution in [2.24, 2.45) is 5.92 Å². The second-order valence-electron chi connectivity index (χ2n) is 6.49. The molecule has 1 aromatic carbocycles. The highest BCUT2D eigenvalue weighted by Crippen LogP contribution is 2.31. The van der Waals surface area contributed by atoms with E-state index in [9.17, 15) is 9.59 Å². The Labute approximate surface area is 160 Å². The van der Waals surface area contributed by atoms with Gasteiger partial charge in [0.1, 0.15) is 5.82 Å². The third-order valence-corrected chi connectivity index (χ3v) is 4.68. The van der Waals surface area contributed by atoms with Crippen molar-refractivity contribution in [3.63, 3.8) is 0 Å². The number of hydrogen-bond acceptors (Lipinski definition) is 3. The second-order valence-corrected chi connectivity index (χ2v) is 7.40. The van der Waals surface area contributed by atoms with Crippen LogP contribution in [0.1, 0.15) is 24.8 Å². The highest BCUT2D eigenvalue weighted by Gasteiger charge is 2.24. The molecule has 1 aliphatic rings. The lowest BCUT2D eigenvalue weighted by molar-refractivity contribution is -0.116. The van der Waals surface area contributed by atoms with Gasteiger partial charge in [0.15, 0.2) is 0 Å². The van der Waals surface area contributed by atoms with Crippen LogP contribution in [0.4, 0.5) is 16.3 Å². The summed E-state index contributed by atoms with van der Waals surface area (Å²) in [6.45, 7) is 3.03. The zero-order valence-electron chi connectivity index (χ0n) is 14.6. The highest BCUT2D eigenvalue weighted by atomic mass is 79.9. The highest BCUT2D eigenvalue weighted by molar-refractivity contribution is 9.10. The Morgan fingerprint density at radius 3 is 2.65 bits per heavy atom. The van der Waals surface area contributed by atoms with Crippen LogP contribution in [0.5, 0.6) is 0 Å². The summed E-state index contributed by atoms with van der Waals surface area (Å²) >= 11 is 3.34. The standard InChI is InChI=1S/C18H22BrN5O2/c1-12-10-21-24(11-13-2-3-13)17(12)23-16(25)8-9-20-18(26)22-15-6-4-14(19)5-7-15/h4-7,10,13H,2-3,8-9,11H2,1H3,(H,23,25)(H2,20,22,26). The number of rotatable bonds is 7. The average Bonchev–Trinajstić information content (AvgIpc) is 3.36. The van der Waals surface area contributed by atoms with Crippen LogP contribution >= 0.6 is 15.9 Å². The lowest BCUT2D eigenvalue weighted by atomic mass is 10.3. The smallest absolute Gasteiger partial charge is 0.319 e. The van der Waals surface area contributed by atoms with Crippen molar-refractivity contribution in [3.8, 4) is 0 Å². The third-order valence-electron chi connectivity index (χ3n) is 4.15. The van der Waals surface area contributed by atoms with Gasteiger partial charge in [-0.05, 0) is 49.9 Å². The van der Waals surface area contributed by atoms with Crippen LogP contribution in [0, 0.1) is 12.8 Å². The molecular formula is C18H22BrN5O2. The number of nitrogens with one attached hydrogen (secondary N) is 3. The number of carbonyl (C=O) groups excluding carboxylic acids is 2. The Morgan fingerprint density at radius 2 is 1.96 bits per heavy atom. The van der Waals surface area contributed by atoms with Crippen LogP contribution in [0.15, 0.2) is 34.9 Å². The molecule has 2 aromatic rings. The summed E-state index contributed by atoms with van der Waals surface area (Å²) in [5, 5.41) is 12.6. The molecule has 138 valence electrons. The van der Waals surface area contributed by atoms with Crippen molar-refractivity contribution < 1.29 is 9.59 Å². The maximum atomic E-state index is 12.2. The van der Waals surface area contributed by atoms with Crippen molar-refractivity contribution in [1.29, 1.82) is 0 Å². The quantitative estimate of drug-likeness (QED) is 0.641. The van der Waals surface area contributed by atoms with E-state index in [4.69, 9.17) is 0 Å². The van der Waals surface area contributed by atoms with Gasteiger partial charge < -0.3 is 16.0 Å². The first-order valence-corrected chi connectivity index (χ1v) is 9.43. The number of aromatic nitrogens is 2. The summed E-state index contributed by atoms with van der Waals surface area (Å²) in [5.74, 6) is 1.28. The zero-order valence-corrected chi connectivity index (χ0v) is 16.2. The first-order chi connectivity index (χ1) is 12.5. The normalized spacial score (nSPS) is 13.3. The Hall–Kier alpha value is -2.35. The van der Waals surface area contributed by atoms with Crippen molar-refractivity contribution in [2.75, 3.05) is 17.2 Å². The summed E-state index contributed by atoms with van der Waals surface area (Å²) < 4.78 is 2.80. The molecule has 0 saturated heterocycles. The molecule has 8 heteroatoms. The molecule has 7 nitrogen and oxygen atoms in total. The van der Waals surface area contributed by atoms with Crippen LogP contribution in [0.2, 0.25) is 0 Å². The number of halogens is 1. The summed E-state index contributed by atoms with van der Waals surface area (Å²) in [5.41, 5.74) is 1.63. The van der Waals surface area contributed by atoms with Crippen molar-refractivity contribution in [3.05, 3.63) is 40.5 Å². The third kappa shape index (κ3) is 5.32. The molecule has 26 heavy (non-hydrogen) atoms. The number of anilines is 2. The number of nitrogens with zero attached hydrogens (tertiary/aromatic N) is 2. The fourth-order valence-corrected chi connectivity index (χ4v) is 2.78. The van der Waals surface area contributed by atoms with Crippen molar-refractivity contribution in [2.45, 2.75) is 32.7 Å². The first-order valence-electron chi connectivity index (χ1n) is 8.64. The topological polar surface area (TPSA) is 88.1 Å².